The van der Waals surface area contributed by atoms with E-state index in [1.807, 2.05) is 11.8 Å². The van der Waals surface area contributed by atoms with E-state index in [0.29, 0.717) is 44.7 Å². The quantitative estimate of drug-likeness (QED) is 0.564. The highest BCUT2D eigenvalue weighted by atomic mass is 19.1. The van der Waals surface area contributed by atoms with Gasteiger partial charge in [0.25, 0.3) is 0 Å². The van der Waals surface area contributed by atoms with Gasteiger partial charge in [0.2, 0.25) is 0 Å². The van der Waals surface area contributed by atoms with E-state index in [0.717, 1.165) is 69.4 Å². The zero-order valence-corrected chi connectivity index (χ0v) is 22.4. The number of amides is 2. The Labute approximate surface area is 224 Å². The van der Waals surface area contributed by atoms with Gasteiger partial charge in [-0.25, -0.2) is 14.0 Å². The summed E-state index contributed by atoms with van der Waals surface area (Å²) in [5.41, 5.74) is 1.44. The lowest BCUT2D eigenvalue weighted by Gasteiger charge is -2.42. The van der Waals surface area contributed by atoms with Gasteiger partial charge in [0.15, 0.2) is 0 Å². The molecule has 4 fully saturated rings. The minimum Gasteiger partial charge on any atom is -0.449 e. The first-order valence-corrected chi connectivity index (χ1v) is 14.5. The van der Waals surface area contributed by atoms with Crippen LogP contribution < -0.4 is 4.90 Å². The third-order valence-corrected chi connectivity index (χ3v) is 9.60. The average molecular weight is 530 g/mol. The lowest BCUT2D eigenvalue weighted by atomic mass is 9.74. The fourth-order valence-electron chi connectivity index (χ4n) is 7.61. The number of fused-ring (bicyclic) bond motifs is 3. The number of halogens is 1. The number of hydrogen-bond acceptors (Lipinski definition) is 6. The van der Waals surface area contributed by atoms with Crippen molar-refractivity contribution in [2.24, 2.45) is 5.92 Å². The molecule has 1 aliphatic carbocycles. The van der Waals surface area contributed by atoms with E-state index < -0.39 is 0 Å². The van der Waals surface area contributed by atoms with Gasteiger partial charge < -0.3 is 24.0 Å². The highest BCUT2D eigenvalue weighted by molar-refractivity contribution is 5.91. The highest BCUT2D eigenvalue weighted by Crippen LogP contribution is 2.49. The predicted octanol–water partition coefficient (Wildman–Crippen LogP) is 4.69. The minimum absolute atomic E-state index is 0.152. The molecule has 3 unspecified atom stereocenters. The Morgan fingerprint density at radius 2 is 1.97 bits per heavy atom. The molecule has 6 rings (SSSR count). The van der Waals surface area contributed by atoms with Gasteiger partial charge in [-0.05, 0) is 87.7 Å². The van der Waals surface area contributed by atoms with Gasteiger partial charge in [0, 0.05) is 37.0 Å². The number of benzene rings is 1. The smallest absolute Gasteiger partial charge is 0.414 e. The van der Waals surface area contributed by atoms with Crippen molar-refractivity contribution in [3.05, 3.63) is 29.6 Å². The van der Waals surface area contributed by atoms with E-state index in [-0.39, 0.29) is 35.6 Å². The van der Waals surface area contributed by atoms with Crippen LogP contribution in [0.2, 0.25) is 0 Å². The molecule has 38 heavy (non-hydrogen) atoms. The number of anilines is 1. The minimum atomic E-state index is -0.359. The molecule has 0 aromatic heterocycles. The molecule has 1 aromatic carbocycles. The fourth-order valence-corrected chi connectivity index (χ4v) is 7.61. The van der Waals surface area contributed by atoms with Gasteiger partial charge in [0.05, 0.1) is 25.5 Å². The fraction of sp³-hybridized carbons (Fsp3) is 0.724. The summed E-state index contributed by atoms with van der Waals surface area (Å²) in [5, 5.41) is 0. The molecule has 208 valence electrons. The molecule has 5 aliphatic rings. The number of hydrogen-bond donors (Lipinski definition) is 0. The van der Waals surface area contributed by atoms with E-state index in [1.54, 1.807) is 17.0 Å². The van der Waals surface area contributed by atoms with E-state index in [2.05, 4.69) is 4.90 Å². The number of likely N-dealkylation sites (tertiary alicyclic amines) is 2. The molecular weight excluding hydrogens is 489 g/mol. The normalized spacial score (nSPS) is 30.4. The summed E-state index contributed by atoms with van der Waals surface area (Å²) < 4.78 is 31.0. The molecular formula is C29H40FN3O5. The van der Waals surface area contributed by atoms with Crippen LogP contribution in [-0.2, 0) is 19.6 Å². The summed E-state index contributed by atoms with van der Waals surface area (Å²) in [6.07, 6.45) is 6.88. The van der Waals surface area contributed by atoms with Crippen LogP contribution in [-0.4, -0.2) is 86.2 Å². The third kappa shape index (κ3) is 4.76. The second-order valence-corrected chi connectivity index (χ2v) is 11.8. The van der Waals surface area contributed by atoms with Crippen LogP contribution in [0.4, 0.5) is 19.7 Å². The van der Waals surface area contributed by atoms with Crippen molar-refractivity contribution in [3.8, 4) is 0 Å². The number of piperidine rings is 2. The number of nitrogens with zero attached hydrogens (tertiary/aromatic N) is 3. The Bertz CT molecular complexity index is 1040. The van der Waals surface area contributed by atoms with Crippen LogP contribution >= 0.6 is 0 Å². The Kier molecular flexibility index (Phi) is 7.24. The molecule has 1 aromatic rings. The van der Waals surface area contributed by atoms with Crippen molar-refractivity contribution in [2.45, 2.75) is 81.9 Å². The molecule has 1 spiro atoms. The molecule has 4 aliphatic heterocycles. The molecule has 2 amide bonds. The first-order valence-electron chi connectivity index (χ1n) is 14.5. The van der Waals surface area contributed by atoms with Gasteiger partial charge >= 0.3 is 12.2 Å². The lowest BCUT2D eigenvalue weighted by Crippen LogP contribution is -2.49. The third-order valence-electron chi connectivity index (χ3n) is 9.60. The lowest BCUT2D eigenvalue weighted by molar-refractivity contribution is 0.0603. The van der Waals surface area contributed by atoms with Crippen LogP contribution in [0, 0.1) is 11.7 Å². The van der Waals surface area contributed by atoms with Crippen molar-refractivity contribution in [1.29, 1.82) is 0 Å². The molecule has 9 heteroatoms. The maximum absolute atomic E-state index is 14.4. The van der Waals surface area contributed by atoms with Gasteiger partial charge in [-0.15, -0.1) is 0 Å². The zero-order chi connectivity index (χ0) is 26.3. The summed E-state index contributed by atoms with van der Waals surface area (Å²) in [6, 6.07) is 5.50. The summed E-state index contributed by atoms with van der Waals surface area (Å²) in [7, 11) is 0. The molecule has 4 atom stereocenters. The Balaban J connectivity index is 1.13. The Hall–Kier alpha value is -2.39. The summed E-state index contributed by atoms with van der Waals surface area (Å²) >= 11 is 0. The van der Waals surface area contributed by atoms with Gasteiger partial charge in [-0.1, -0.05) is 6.92 Å². The SMILES string of the molecule is CCCOC(=O)N1CCCC2CC(N3CCC4(CC3)CN(C(=O)O[C@@H]3CCOC3)c3ccc(F)cc34)CC21. The molecule has 0 radical (unpaired) electrons. The molecule has 1 saturated carbocycles. The number of ether oxygens (including phenoxy) is 3. The van der Waals surface area contributed by atoms with E-state index in [9.17, 15) is 14.0 Å². The van der Waals surface area contributed by atoms with Gasteiger partial charge in [-0.3, -0.25) is 4.90 Å². The second kappa shape index (κ2) is 10.6. The maximum Gasteiger partial charge on any atom is 0.414 e. The predicted molar refractivity (Wildman–Crippen MR) is 140 cm³/mol. The van der Waals surface area contributed by atoms with Crippen molar-refractivity contribution < 1.29 is 28.2 Å². The summed E-state index contributed by atoms with van der Waals surface area (Å²) in [6.45, 7) is 6.67. The first-order chi connectivity index (χ1) is 18.5. The maximum atomic E-state index is 14.4. The van der Waals surface area contributed by atoms with E-state index >= 15 is 0 Å². The summed E-state index contributed by atoms with van der Waals surface area (Å²) in [5.74, 6) is 0.268. The molecule has 0 N–H and O–H groups in total. The van der Waals surface area contributed by atoms with Crippen molar-refractivity contribution in [3.63, 3.8) is 0 Å². The highest BCUT2D eigenvalue weighted by Gasteiger charge is 2.50. The standard InChI is InChI=1S/C29H40FN3O5/c1-2-13-37-27(34)32-10-3-4-20-15-22(17-26(20)32)31-11-8-29(9-12-31)19-33(25-6-5-21(30)16-24(25)29)28(35)38-23-7-14-36-18-23/h5-6,16,20,22-23,26H,2-4,7-15,17-19H2,1H3/t20?,22?,23-,26?/m1/s1. The van der Waals surface area contributed by atoms with Crippen molar-refractivity contribution in [2.75, 3.05) is 50.9 Å². The Morgan fingerprint density at radius 1 is 1.13 bits per heavy atom. The van der Waals surface area contributed by atoms with Crippen LogP contribution in [0.3, 0.4) is 0 Å². The monoisotopic (exact) mass is 529 g/mol. The van der Waals surface area contributed by atoms with Crippen LogP contribution in [0.15, 0.2) is 18.2 Å². The summed E-state index contributed by atoms with van der Waals surface area (Å²) in [4.78, 5) is 32.1. The van der Waals surface area contributed by atoms with Crippen LogP contribution in [0.1, 0.15) is 63.9 Å². The largest absolute Gasteiger partial charge is 0.449 e. The first kappa shape index (κ1) is 25.9. The number of carbonyl (C=O) groups excluding carboxylic acids is 2. The molecule has 8 nitrogen and oxygen atoms in total. The topological polar surface area (TPSA) is 71.6 Å². The number of carbonyl (C=O) groups is 2. The van der Waals surface area contributed by atoms with Gasteiger partial charge in [0.1, 0.15) is 11.9 Å². The molecule has 0 bridgehead atoms. The van der Waals surface area contributed by atoms with Crippen molar-refractivity contribution in [1.82, 2.24) is 9.80 Å². The van der Waals surface area contributed by atoms with Gasteiger partial charge in [-0.2, -0.15) is 0 Å². The number of rotatable bonds is 4. The van der Waals surface area contributed by atoms with Crippen molar-refractivity contribution >= 4 is 17.9 Å². The van der Waals surface area contributed by atoms with E-state index in [1.165, 1.54) is 12.5 Å². The molecule has 4 heterocycles. The zero-order valence-electron chi connectivity index (χ0n) is 22.4. The molecule has 3 saturated heterocycles. The second-order valence-electron chi connectivity index (χ2n) is 11.8. The van der Waals surface area contributed by atoms with Crippen LogP contribution in [0.25, 0.3) is 0 Å². The van der Waals surface area contributed by atoms with E-state index in [4.69, 9.17) is 14.2 Å². The Morgan fingerprint density at radius 3 is 2.74 bits per heavy atom. The average Bonchev–Trinajstić information content (AvgIpc) is 3.66. The van der Waals surface area contributed by atoms with Crippen LogP contribution in [0.5, 0.6) is 0 Å².